The van der Waals surface area contributed by atoms with E-state index in [4.69, 9.17) is 4.74 Å². The van der Waals surface area contributed by atoms with Gasteiger partial charge in [0.05, 0.1) is 13.7 Å². The van der Waals surface area contributed by atoms with Crippen LogP contribution in [0.1, 0.15) is 13.8 Å². The Labute approximate surface area is 123 Å². The van der Waals surface area contributed by atoms with E-state index in [0.29, 0.717) is 39.3 Å². The number of esters is 1. The lowest BCUT2D eigenvalue weighted by Crippen LogP contribution is -2.60. The Bertz CT molecular complexity index is 344. The Balaban J connectivity index is 2.51. The zero-order valence-corrected chi connectivity index (χ0v) is 12.8. The molecule has 1 heterocycles. The molecule has 1 N–H and O–H groups in total. The van der Waals surface area contributed by atoms with Crippen LogP contribution in [-0.4, -0.2) is 80.4 Å². The number of nitrogens with zero attached hydrogens (tertiary/aromatic N) is 2. The highest BCUT2D eigenvalue weighted by Crippen LogP contribution is 2.18. The number of nitrogens with one attached hydrogen (secondary N) is 1. The van der Waals surface area contributed by atoms with Crippen LogP contribution in [0.25, 0.3) is 0 Å². The smallest absolute Gasteiger partial charge is 0.401 e. The largest absolute Gasteiger partial charge is 0.468 e. The van der Waals surface area contributed by atoms with Gasteiger partial charge in [0.1, 0.15) is 5.54 Å². The first-order chi connectivity index (χ1) is 9.70. The summed E-state index contributed by atoms with van der Waals surface area (Å²) in [5.74, 6) is -0.359. The molecule has 5 nitrogen and oxygen atoms in total. The third-order valence-electron chi connectivity index (χ3n) is 3.61. The molecule has 0 bridgehead atoms. The van der Waals surface area contributed by atoms with E-state index in [9.17, 15) is 18.0 Å². The molecular weight excluding hydrogens is 287 g/mol. The van der Waals surface area contributed by atoms with Gasteiger partial charge in [0.15, 0.2) is 0 Å². The van der Waals surface area contributed by atoms with Gasteiger partial charge in [-0.15, -0.1) is 0 Å². The van der Waals surface area contributed by atoms with Crippen molar-refractivity contribution in [3.63, 3.8) is 0 Å². The number of methoxy groups -OCH3 is 1. The lowest BCUT2D eigenvalue weighted by atomic mass is 10.0. The summed E-state index contributed by atoms with van der Waals surface area (Å²) in [7, 11) is 1.33. The van der Waals surface area contributed by atoms with Crippen LogP contribution in [0.3, 0.4) is 0 Å². The van der Waals surface area contributed by atoms with E-state index in [0.717, 1.165) is 0 Å². The van der Waals surface area contributed by atoms with Crippen molar-refractivity contribution in [1.82, 2.24) is 15.1 Å². The monoisotopic (exact) mass is 311 g/mol. The Morgan fingerprint density at radius 1 is 1.14 bits per heavy atom. The summed E-state index contributed by atoms with van der Waals surface area (Å²) in [5.41, 5.74) is -0.838. The van der Waals surface area contributed by atoms with Crippen molar-refractivity contribution in [3.8, 4) is 0 Å². The Kier molecular flexibility index (Phi) is 6.42. The molecule has 1 saturated heterocycles. The standard InChI is InChI=1S/C13H24F3N3O2/c1-4-17-12(2,11(20)21-3)9-18-5-7-19(8-6-18)10-13(14,15)16/h17H,4-10H2,1-3H3. The Morgan fingerprint density at radius 3 is 2.00 bits per heavy atom. The highest BCUT2D eigenvalue weighted by atomic mass is 19.4. The lowest BCUT2D eigenvalue weighted by molar-refractivity contribution is -0.151. The van der Waals surface area contributed by atoms with Crippen molar-refractivity contribution in [2.75, 3.05) is 52.9 Å². The zero-order valence-electron chi connectivity index (χ0n) is 12.8. The zero-order chi connectivity index (χ0) is 16.1. The van der Waals surface area contributed by atoms with Crippen LogP contribution in [0, 0.1) is 0 Å². The van der Waals surface area contributed by atoms with E-state index < -0.39 is 18.3 Å². The number of piperazine rings is 1. The Morgan fingerprint density at radius 2 is 1.62 bits per heavy atom. The first-order valence-corrected chi connectivity index (χ1v) is 7.05. The van der Waals surface area contributed by atoms with Gasteiger partial charge in [-0.25, -0.2) is 0 Å². The molecule has 1 rings (SSSR count). The summed E-state index contributed by atoms with van der Waals surface area (Å²) >= 11 is 0. The van der Waals surface area contributed by atoms with E-state index in [1.165, 1.54) is 12.0 Å². The second-order valence-electron chi connectivity index (χ2n) is 5.52. The van der Waals surface area contributed by atoms with Gasteiger partial charge in [-0.1, -0.05) is 6.92 Å². The topological polar surface area (TPSA) is 44.8 Å². The lowest BCUT2D eigenvalue weighted by Gasteiger charge is -2.39. The number of hydrogen-bond donors (Lipinski definition) is 1. The number of alkyl halides is 3. The number of hydrogen-bond acceptors (Lipinski definition) is 5. The number of halogens is 3. The van der Waals surface area contributed by atoms with Crippen LogP contribution >= 0.6 is 0 Å². The quantitative estimate of drug-likeness (QED) is 0.732. The highest BCUT2D eigenvalue weighted by Gasteiger charge is 2.37. The molecule has 8 heteroatoms. The third-order valence-corrected chi connectivity index (χ3v) is 3.61. The molecule has 0 aromatic rings. The predicted molar refractivity (Wildman–Crippen MR) is 73.0 cm³/mol. The first kappa shape index (κ1) is 18.2. The molecule has 0 radical (unpaired) electrons. The molecule has 0 aliphatic carbocycles. The maximum atomic E-state index is 12.3. The molecule has 1 atom stereocenters. The van der Waals surface area contributed by atoms with Crippen molar-refractivity contribution in [2.24, 2.45) is 0 Å². The van der Waals surface area contributed by atoms with E-state index >= 15 is 0 Å². The summed E-state index contributed by atoms with van der Waals surface area (Å²) in [6.45, 7) is 5.52. The van der Waals surface area contributed by atoms with Gasteiger partial charge in [0, 0.05) is 32.7 Å². The average Bonchev–Trinajstić information content (AvgIpc) is 2.38. The molecular formula is C13H24F3N3O2. The normalized spacial score (nSPS) is 21.0. The van der Waals surface area contributed by atoms with E-state index in [2.05, 4.69) is 5.32 Å². The summed E-state index contributed by atoms with van der Waals surface area (Å²) in [4.78, 5) is 15.3. The van der Waals surface area contributed by atoms with Gasteiger partial charge < -0.3 is 10.1 Å². The molecule has 1 aliphatic heterocycles. The first-order valence-electron chi connectivity index (χ1n) is 7.05. The van der Waals surface area contributed by atoms with Crippen molar-refractivity contribution < 1.29 is 22.7 Å². The average molecular weight is 311 g/mol. The maximum absolute atomic E-state index is 12.3. The molecule has 1 fully saturated rings. The van der Waals surface area contributed by atoms with Crippen LogP contribution in [0.15, 0.2) is 0 Å². The predicted octanol–water partition coefficient (Wildman–Crippen LogP) is 0.708. The van der Waals surface area contributed by atoms with Crippen molar-refractivity contribution in [3.05, 3.63) is 0 Å². The molecule has 0 saturated carbocycles. The SMILES string of the molecule is CCNC(C)(CN1CCN(CC(F)(F)F)CC1)C(=O)OC. The number of carbonyl (C=O) groups is 1. The summed E-state index contributed by atoms with van der Waals surface area (Å²) in [5, 5.41) is 3.10. The maximum Gasteiger partial charge on any atom is 0.401 e. The number of rotatable bonds is 6. The van der Waals surface area contributed by atoms with Crippen LogP contribution < -0.4 is 5.32 Å². The van der Waals surface area contributed by atoms with Crippen LogP contribution in [0.4, 0.5) is 13.2 Å². The summed E-state index contributed by atoms with van der Waals surface area (Å²) in [6, 6.07) is 0. The van der Waals surface area contributed by atoms with Gasteiger partial charge in [-0.05, 0) is 13.5 Å². The molecule has 0 spiro atoms. The molecule has 1 unspecified atom stereocenters. The minimum atomic E-state index is -4.16. The van der Waals surface area contributed by atoms with Crippen molar-refractivity contribution in [1.29, 1.82) is 0 Å². The van der Waals surface area contributed by atoms with Gasteiger partial charge in [0.25, 0.3) is 0 Å². The van der Waals surface area contributed by atoms with Crippen LogP contribution in [0.2, 0.25) is 0 Å². The van der Waals surface area contributed by atoms with Gasteiger partial charge in [-0.3, -0.25) is 14.6 Å². The minimum absolute atomic E-state index is 0.350. The van der Waals surface area contributed by atoms with E-state index in [1.54, 1.807) is 6.92 Å². The fourth-order valence-electron chi connectivity index (χ4n) is 2.61. The summed E-state index contributed by atoms with van der Waals surface area (Å²) < 4.78 is 41.8. The highest BCUT2D eigenvalue weighted by molar-refractivity contribution is 5.80. The minimum Gasteiger partial charge on any atom is -0.468 e. The fourth-order valence-corrected chi connectivity index (χ4v) is 2.61. The third kappa shape index (κ3) is 5.80. The van der Waals surface area contributed by atoms with E-state index in [1.807, 2.05) is 11.8 Å². The van der Waals surface area contributed by atoms with Gasteiger partial charge >= 0.3 is 12.1 Å². The fraction of sp³-hybridized carbons (Fsp3) is 0.923. The van der Waals surface area contributed by atoms with Crippen molar-refractivity contribution >= 4 is 5.97 Å². The molecule has 0 aromatic carbocycles. The van der Waals surface area contributed by atoms with E-state index in [-0.39, 0.29) is 5.97 Å². The molecule has 1 aliphatic rings. The number of carbonyl (C=O) groups excluding carboxylic acids is 1. The Hall–Kier alpha value is -0.860. The number of ether oxygens (including phenoxy) is 1. The number of likely N-dealkylation sites (N-methyl/N-ethyl adjacent to an activating group) is 1. The van der Waals surface area contributed by atoms with Gasteiger partial charge in [0.2, 0.25) is 0 Å². The molecule has 21 heavy (non-hydrogen) atoms. The summed E-state index contributed by atoms with van der Waals surface area (Å²) in [6.07, 6.45) is -4.16. The van der Waals surface area contributed by atoms with Gasteiger partial charge in [-0.2, -0.15) is 13.2 Å². The molecule has 124 valence electrons. The van der Waals surface area contributed by atoms with Crippen molar-refractivity contribution in [2.45, 2.75) is 25.6 Å². The van der Waals surface area contributed by atoms with Crippen LogP contribution in [0.5, 0.6) is 0 Å². The molecule has 0 aromatic heterocycles. The second-order valence-corrected chi connectivity index (χ2v) is 5.52. The molecule has 0 amide bonds. The van der Waals surface area contributed by atoms with Crippen LogP contribution in [-0.2, 0) is 9.53 Å². The second kappa shape index (κ2) is 7.42.